The predicted octanol–water partition coefficient (Wildman–Crippen LogP) is 2.78. The number of hydrogen-bond donors (Lipinski definition) is 0. The van der Waals surface area contributed by atoms with Crippen molar-refractivity contribution in [1.82, 2.24) is 9.88 Å². The summed E-state index contributed by atoms with van der Waals surface area (Å²) in [5.41, 5.74) is 1.19. The first-order chi connectivity index (χ1) is 7.25. The van der Waals surface area contributed by atoms with Crippen molar-refractivity contribution in [2.45, 2.75) is 18.5 Å². The lowest BCUT2D eigenvalue weighted by Gasteiger charge is -2.28. The van der Waals surface area contributed by atoms with E-state index in [4.69, 9.17) is 0 Å². The van der Waals surface area contributed by atoms with Gasteiger partial charge in [0.2, 0.25) is 0 Å². The van der Waals surface area contributed by atoms with Gasteiger partial charge in [0, 0.05) is 16.7 Å². The van der Waals surface area contributed by atoms with Crippen LogP contribution in [0.4, 0.5) is 0 Å². The Hall–Kier alpha value is -0.670. The number of likely N-dealkylation sites (N-methyl/N-ethyl adjacent to an activating group) is 1. The van der Waals surface area contributed by atoms with Gasteiger partial charge in [0.1, 0.15) is 0 Å². The third-order valence-electron chi connectivity index (χ3n) is 3.51. The number of halogens is 1. The van der Waals surface area contributed by atoms with E-state index in [0.717, 1.165) is 4.47 Å². The summed E-state index contributed by atoms with van der Waals surface area (Å²) < 4.78 is 1.05. The van der Waals surface area contributed by atoms with Crippen molar-refractivity contribution in [3.05, 3.63) is 40.6 Å². The number of fused-ring (bicyclic) bond motifs is 2. The van der Waals surface area contributed by atoms with Crippen LogP contribution in [-0.2, 0) is 0 Å². The van der Waals surface area contributed by atoms with Crippen molar-refractivity contribution >= 4 is 15.9 Å². The van der Waals surface area contributed by atoms with Gasteiger partial charge >= 0.3 is 0 Å². The lowest BCUT2D eigenvalue weighted by Crippen LogP contribution is -2.29. The number of pyridine rings is 1. The second-order valence-electron chi connectivity index (χ2n) is 4.36. The molecule has 0 amide bonds. The monoisotopic (exact) mass is 264 g/mol. The average Bonchev–Trinajstić information content (AvgIpc) is 2.80. The molecule has 15 heavy (non-hydrogen) atoms. The molecule has 3 heteroatoms. The maximum Gasteiger partial charge on any atom is 0.0586 e. The van der Waals surface area contributed by atoms with Crippen molar-refractivity contribution in [1.29, 1.82) is 0 Å². The Morgan fingerprint density at radius 1 is 1.40 bits per heavy atom. The van der Waals surface area contributed by atoms with E-state index < -0.39 is 0 Å². The molecular formula is C12H13BrN2. The topological polar surface area (TPSA) is 16.1 Å². The van der Waals surface area contributed by atoms with E-state index in [9.17, 15) is 0 Å². The predicted molar refractivity (Wildman–Crippen MR) is 63.5 cm³/mol. The second kappa shape index (κ2) is 3.42. The van der Waals surface area contributed by atoms with Gasteiger partial charge in [-0.15, -0.1) is 0 Å². The van der Waals surface area contributed by atoms with E-state index >= 15 is 0 Å². The molecule has 1 saturated heterocycles. The van der Waals surface area contributed by atoms with E-state index in [1.165, 1.54) is 12.1 Å². The van der Waals surface area contributed by atoms with Crippen LogP contribution in [0.25, 0.3) is 0 Å². The largest absolute Gasteiger partial charge is 0.291 e. The van der Waals surface area contributed by atoms with Gasteiger partial charge in [0.25, 0.3) is 0 Å². The Kier molecular flexibility index (Phi) is 2.18. The average molecular weight is 265 g/mol. The van der Waals surface area contributed by atoms with Crippen molar-refractivity contribution in [2.24, 2.45) is 5.92 Å². The van der Waals surface area contributed by atoms with Crippen molar-refractivity contribution in [3.63, 3.8) is 0 Å². The van der Waals surface area contributed by atoms with Crippen LogP contribution in [0.15, 0.2) is 35.0 Å². The van der Waals surface area contributed by atoms with Crippen LogP contribution in [0.5, 0.6) is 0 Å². The zero-order valence-electron chi connectivity index (χ0n) is 8.60. The molecule has 0 spiro atoms. The van der Waals surface area contributed by atoms with Crippen LogP contribution in [0.1, 0.15) is 18.2 Å². The second-order valence-corrected chi connectivity index (χ2v) is 5.28. The fourth-order valence-electron chi connectivity index (χ4n) is 2.74. The van der Waals surface area contributed by atoms with Crippen LogP contribution < -0.4 is 0 Å². The van der Waals surface area contributed by atoms with Gasteiger partial charge in [-0.3, -0.25) is 9.88 Å². The summed E-state index contributed by atoms with van der Waals surface area (Å²) in [6.45, 7) is 0. The zero-order valence-corrected chi connectivity index (χ0v) is 10.2. The summed E-state index contributed by atoms with van der Waals surface area (Å²) in [6.07, 6.45) is 7.82. The molecule has 1 aromatic heterocycles. The van der Waals surface area contributed by atoms with Crippen molar-refractivity contribution < 1.29 is 0 Å². The highest BCUT2D eigenvalue weighted by Crippen LogP contribution is 2.44. The number of likely N-dealkylation sites (tertiary alicyclic amines) is 1. The molecule has 0 saturated carbocycles. The highest BCUT2D eigenvalue weighted by Gasteiger charge is 2.41. The SMILES string of the molecule is CN1C2C=CC(C2)C1c1ccc(Br)cn1. The van der Waals surface area contributed by atoms with E-state index in [1.807, 2.05) is 6.20 Å². The fourth-order valence-corrected chi connectivity index (χ4v) is 2.98. The highest BCUT2D eigenvalue weighted by molar-refractivity contribution is 9.10. The minimum atomic E-state index is 0.480. The molecule has 1 aromatic rings. The van der Waals surface area contributed by atoms with Gasteiger partial charge in [-0.05, 0) is 47.4 Å². The summed E-state index contributed by atoms with van der Waals surface area (Å²) >= 11 is 3.42. The first-order valence-electron chi connectivity index (χ1n) is 5.27. The fraction of sp³-hybridized carbons (Fsp3) is 0.417. The molecule has 78 valence electrons. The summed E-state index contributed by atoms with van der Waals surface area (Å²) in [6, 6.07) is 5.31. The van der Waals surface area contributed by atoms with Gasteiger partial charge < -0.3 is 0 Å². The van der Waals surface area contributed by atoms with Gasteiger partial charge in [-0.25, -0.2) is 0 Å². The Bertz CT molecular complexity index is 399. The summed E-state index contributed by atoms with van der Waals surface area (Å²) in [7, 11) is 2.20. The van der Waals surface area contributed by atoms with Crippen LogP contribution in [0.2, 0.25) is 0 Å². The minimum absolute atomic E-state index is 0.480. The van der Waals surface area contributed by atoms with Gasteiger partial charge in [-0.1, -0.05) is 12.2 Å². The standard InChI is InChI=1S/C12H13BrN2/c1-15-10-4-2-8(6-10)12(15)11-5-3-9(13)7-14-11/h2-5,7-8,10,12H,6H2,1H3. The molecule has 2 heterocycles. The molecule has 3 atom stereocenters. The molecule has 3 unspecified atom stereocenters. The molecule has 0 radical (unpaired) electrons. The first kappa shape index (κ1) is 9.55. The smallest absolute Gasteiger partial charge is 0.0586 e. The van der Waals surface area contributed by atoms with Crippen molar-refractivity contribution in [2.75, 3.05) is 7.05 Å². The molecule has 1 aliphatic heterocycles. The first-order valence-corrected chi connectivity index (χ1v) is 6.07. The maximum atomic E-state index is 4.51. The zero-order chi connectivity index (χ0) is 10.4. The van der Waals surface area contributed by atoms with Crippen LogP contribution in [-0.4, -0.2) is 23.0 Å². The van der Waals surface area contributed by atoms with E-state index in [2.05, 4.69) is 57.1 Å². The minimum Gasteiger partial charge on any atom is -0.291 e. The third kappa shape index (κ3) is 1.45. The number of hydrogen-bond acceptors (Lipinski definition) is 2. The van der Waals surface area contributed by atoms with E-state index in [1.54, 1.807) is 0 Å². The molecule has 0 N–H and O–H groups in total. The molecule has 0 aromatic carbocycles. The summed E-state index contributed by atoms with van der Waals surface area (Å²) in [5, 5.41) is 0. The quantitative estimate of drug-likeness (QED) is 0.726. The summed E-state index contributed by atoms with van der Waals surface area (Å²) in [4.78, 5) is 6.94. The third-order valence-corrected chi connectivity index (χ3v) is 3.98. The molecule has 2 aliphatic rings. The molecule has 1 aliphatic carbocycles. The van der Waals surface area contributed by atoms with Gasteiger partial charge in [0.05, 0.1) is 11.7 Å². The molecule has 1 fully saturated rings. The summed E-state index contributed by atoms with van der Waals surface area (Å²) in [5.74, 6) is 0.661. The Morgan fingerprint density at radius 2 is 2.27 bits per heavy atom. The lowest BCUT2D eigenvalue weighted by atomic mass is 9.99. The van der Waals surface area contributed by atoms with Crippen LogP contribution >= 0.6 is 15.9 Å². The Balaban J connectivity index is 1.95. The van der Waals surface area contributed by atoms with E-state index in [0.29, 0.717) is 18.0 Å². The van der Waals surface area contributed by atoms with Crippen molar-refractivity contribution in [3.8, 4) is 0 Å². The lowest BCUT2D eigenvalue weighted by molar-refractivity contribution is 0.246. The molecular weight excluding hydrogens is 252 g/mol. The number of nitrogens with zero attached hydrogens (tertiary/aromatic N) is 2. The number of rotatable bonds is 1. The maximum absolute atomic E-state index is 4.51. The van der Waals surface area contributed by atoms with E-state index in [-0.39, 0.29) is 0 Å². The molecule has 2 bridgehead atoms. The molecule has 2 nitrogen and oxygen atoms in total. The number of aromatic nitrogens is 1. The van der Waals surface area contributed by atoms with Gasteiger partial charge in [-0.2, -0.15) is 0 Å². The molecule has 3 rings (SSSR count). The highest BCUT2D eigenvalue weighted by atomic mass is 79.9. The normalized spacial score (nSPS) is 33.9. The van der Waals surface area contributed by atoms with Crippen LogP contribution in [0, 0.1) is 5.92 Å². The Morgan fingerprint density at radius 3 is 2.87 bits per heavy atom. The Labute approximate surface area is 98.1 Å². The van der Waals surface area contributed by atoms with Crippen LogP contribution in [0.3, 0.4) is 0 Å². The van der Waals surface area contributed by atoms with Gasteiger partial charge in [0.15, 0.2) is 0 Å².